The Hall–Kier alpha value is -9.79. The van der Waals surface area contributed by atoms with Crippen LogP contribution >= 0.6 is 21.6 Å². The van der Waals surface area contributed by atoms with Gasteiger partial charge in [-0.15, -0.1) is 0 Å². The van der Waals surface area contributed by atoms with Crippen molar-refractivity contribution in [1.82, 2.24) is 58.5 Å². The number of aliphatic carboxylic acids is 1. The summed E-state index contributed by atoms with van der Waals surface area (Å²) in [5, 5.41) is 73.7. The van der Waals surface area contributed by atoms with Crippen molar-refractivity contribution < 1.29 is 73.2 Å². The Bertz CT molecular complexity index is 3870. The molecule has 0 unspecified atom stereocenters. The average Bonchev–Trinajstić information content (AvgIpc) is 0.837. The molecule has 1 heterocycles. The Morgan fingerprint density at radius 2 is 0.788 bits per heavy atom. The first-order valence-corrected chi connectivity index (χ1v) is 36.7. The van der Waals surface area contributed by atoms with E-state index in [0.29, 0.717) is 47.2 Å². The monoisotopic (exact) mass is 1470 g/mol. The molecule has 28 nitrogen and oxygen atoms in total. The summed E-state index contributed by atoms with van der Waals surface area (Å²) in [5.74, 6) is -11.9. The van der Waals surface area contributed by atoms with E-state index in [1.807, 2.05) is 36.4 Å². The molecule has 30 heteroatoms. The maximum atomic E-state index is 15.5. The number of hydrogen-bond donors (Lipinski definition) is 17. The molecule has 0 saturated carbocycles. The molecule has 19 N–H and O–H groups in total. The highest BCUT2D eigenvalue weighted by Crippen LogP contribution is 2.24. The molecule has 0 radical (unpaired) electrons. The lowest BCUT2D eigenvalue weighted by Crippen LogP contribution is -2.63. The summed E-state index contributed by atoms with van der Waals surface area (Å²) in [6.07, 6.45) is -3.65. The van der Waals surface area contributed by atoms with Gasteiger partial charge in [0.25, 0.3) is 0 Å². The number of carbonyl (C=O) groups excluding carboxylic acids is 10. The summed E-state index contributed by atoms with van der Waals surface area (Å²) in [6, 6.07) is 27.9. The van der Waals surface area contributed by atoms with Crippen molar-refractivity contribution >= 4 is 97.4 Å². The molecule has 6 aromatic carbocycles. The van der Waals surface area contributed by atoms with Gasteiger partial charge in [-0.3, -0.25) is 47.9 Å². The Balaban J connectivity index is 1.31. The number of unbranched alkanes of at least 4 members (excludes halogenated alkanes) is 1. The van der Waals surface area contributed by atoms with Gasteiger partial charge in [-0.05, 0) is 90.9 Å². The number of rotatable bonds is 20. The minimum atomic E-state index is -1.91. The van der Waals surface area contributed by atoms with Crippen LogP contribution in [0.4, 0.5) is 0 Å². The third kappa shape index (κ3) is 25.6. The van der Waals surface area contributed by atoms with Gasteiger partial charge in [0.05, 0.1) is 24.9 Å². The Kier molecular flexibility index (Phi) is 32.5. The third-order valence-electron chi connectivity index (χ3n) is 17.1. The molecule has 6 aromatic rings. The number of carboxylic acid groups (broad SMARTS) is 1. The van der Waals surface area contributed by atoms with E-state index in [-0.39, 0.29) is 56.6 Å². The van der Waals surface area contributed by atoms with Crippen LogP contribution in [0, 0.1) is 0 Å². The van der Waals surface area contributed by atoms with E-state index >= 15 is 19.2 Å². The fourth-order valence-electron chi connectivity index (χ4n) is 11.4. The maximum absolute atomic E-state index is 15.5. The quantitative estimate of drug-likeness (QED) is 0.0342. The van der Waals surface area contributed by atoms with Gasteiger partial charge in [0, 0.05) is 50.2 Å². The van der Waals surface area contributed by atoms with Crippen molar-refractivity contribution in [2.45, 2.75) is 150 Å². The third-order valence-corrected chi connectivity index (χ3v) is 19.6. The first kappa shape index (κ1) is 81.5. The van der Waals surface area contributed by atoms with E-state index < -0.39 is 150 Å². The van der Waals surface area contributed by atoms with Gasteiger partial charge in [-0.25, -0.2) is 4.79 Å². The minimum absolute atomic E-state index is 0.0313. The second-order valence-corrected chi connectivity index (χ2v) is 28.0. The summed E-state index contributed by atoms with van der Waals surface area (Å²) >= 11 is 0. The Morgan fingerprint density at radius 1 is 0.433 bits per heavy atom. The highest BCUT2D eigenvalue weighted by Gasteiger charge is 2.39. The summed E-state index contributed by atoms with van der Waals surface area (Å²) in [7, 11) is 3.60. The fourth-order valence-corrected chi connectivity index (χ4v) is 13.6. The molecule has 0 aromatic heterocycles. The topological polar surface area (TPSA) is 453 Å². The van der Waals surface area contributed by atoms with E-state index in [2.05, 4.69) is 58.5 Å². The summed E-state index contributed by atoms with van der Waals surface area (Å²) in [6.45, 7) is 1.93. The van der Waals surface area contributed by atoms with Crippen molar-refractivity contribution in [3.05, 3.63) is 191 Å². The number of carbonyl (C=O) groups is 11. The molecular formula is C74H93N13O15S2. The Labute approximate surface area is 610 Å². The number of fused-ring (bicyclic) bond motifs is 1. The molecule has 0 bridgehead atoms. The van der Waals surface area contributed by atoms with E-state index in [1.165, 1.54) is 6.92 Å². The zero-order valence-corrected chi connectivity index (χ0v) is 59.6. The van der Waals surface area contributed by atoms with Gasteiger partial charge in [-0.1, -0.05) is 179 Å². The summed E-state index contributed by atoms with van der Waals surface area (Å²) < 4.78 is 0. The van der Waals surface area contributed by atoms with Gasteiger partial charge >= 0.3 is 5.97 Å². The minimum Gasteiger partial charge on any atom is -0.480 e. The van der Waals surface area contributed by atoms with Crippen LogP contribution in [0.2, 0.25) is 0 Å². The lowest BCUT2D eigenvalue weighted by Gasteiger charge is -2.29. The number of benzene rings is 6. The van der Waals surface area contributed by atoms with Crippen LogP contribution in [0.15, 0.2) is 158 Å². The molecule has 1 fully saturated rings. The van der Waals surface area contributed by atoms with Gasteiger partial charge in [0.2, 0.25) is 59.1 Å². The van der Waals surface area contributed by atoms with Crippen LogP contribution in [-0.2, 0) is 91.4 Å². The first-order chi connectivity index (χ1) is 49.9. The molecule has 1 aliphatic heterocycles. The van der Waals surface area contributed by atoms with E-state index in [9.17, 15) is 54.0 Å². The molecule has 1 aliphatic rings. The molecule has 556 valence electrons. The molecule has 104 heavy (non-hydrogen) atoms. The van der Waals surface area contributed by atoms with Crippen LogP contribution in [0.25, 0.3) is 10.8 Å². The highest BCUT2D eigenvalue weighted by atomic mass is 33.1. The number of amides is 10. The molecule has 7 rings (SSSR count). The number of carboxylic acids is 1. The SMILES string of the molecule is CNCc1ccc(C[C@@H]2NC(=O)[C@@H](Cc3ccc4ccccc4c3)NC(=O)[C@H](Cc3ccccc3)NC(=O)[C@@H](Cc3ccccc3)NC(=O)[C@@H](CCCCN)NC(=O)[C@H](N)CSSC[C@@H](C(=O)O)NC(=O)[C@H](CO)NC(=O)[C@@H]([C@@H](C)O)NC(=O)[C@H](Cc3ccccc3)NC(=O)[C@@H]([C@@H](C)O)NC2=O)cc1. The molecular weight excluding hydrogens is 1380 g/mol. The van der Waals surface area contributed by atoms with Gasteiger partial charge < -0.3 is 90.4 Å². The molecule has 13 atom stereocenters. The van der Waals surface area contributed by atoms with E-state index in [1.54, 1.807) is 128 Å². The maximum Gasteiger partial charge on any atom is 0.327 e. The zero-order chi connectivity index (χ0) is 75.2. The summed E-state index contributed by atoms with van der Waals surface area (Å²) in [5.41, 5.74) is 15.8. The van der Waals surface area contributed by atoms with Crippen molar-refractivity contribution in [3.63, 3.8) is 0 Å². The Morgan fingerprint density at radius 3 is 1.22 bits per heavy atom. The predicted octanol–water partition coefficient (Wildman–Crippen LogP) is -0.390. The van der Waals surface area contributed by atoms with Crippen molar-refractivity contribution in [3.8, 4) is 0 Å². The van der Waals surface area contributed by atoms with E-state index in [4.69, 9.17) is 11.5 Å². The van der Waals surface area contributed by atoms with Gasteiger partial charge in [-0.2, -0.15) is 0 Å². The molecule has 0 aliphatic carbocycles. The second kappa shape index (κ2) is 41.5. The van der Waals surface area contributed by atoms with Gasteiger partial charge in [0.15, 0.2) is 0 Å². The fraction of sp³-hybridized carbons (Fsp3) is 0.392. The highest BCUT2D eigenvalue weighted by molar-refractivity contribution is 8.76. The zero-order valence-electron chi connectivity index (χ0n) is 58.0. The number of hydrogen-bond acceptors (Lipinski definition) is 19. The summed E-state index contributed by atoms with van der Waals surface area (Å²) in [4.78, 5) is 159. The van der Waals surface area contributed by atoms with Crippen molar-refractivity contribution in [1.29, 1.82) is 0 Å². The lowest BCUT2D eigenvalue weighted by molar-refractivity contribution is -0.142. The lowest BCUT2D eigenvalue weighted by atomic mass is 9.98. The van der Waals surface area contributed by atoms with Crippen LogP contribution in [-0.4, -0.2) is 196 Å². The van der Waals surface area contributed by atoms with Crippen molar-refractivity contribution in [2.24, 2.45) is 11.5 Å². The normalized spacial score (nSPS) is 23.8. The average molecular weight is 1470 g/mol. The molecule has 0 spiro atoms. The standard InChI is InChI=1S/C74H93N13O15S2/c1-43(89)62-72(99)83-58(36-47-21-11-6-12-22-47)70(97)87-63(44(2)90)73(100)84-60(40-88)71(98)85-61(74(101)102)42-104-103-41-53(76)64(91)78-54(25-15-16-32-75)65(92)79-55(34-45-17-7-4-8-18-45)66(93)80-56(35-46-19-9-5-10-20-46)67(94)82-59(38-50-30-31-51-23-13-14-24-52(51)33-50)68(95)81-57(69(96)86-62)37-48-26-28-49(29-27-48)39-77-3/h4-14,17-24,26-31,33,43-44,53-63,77,88-90H,15-16,25,32,34-42,75-76H2,1-3H3,(H,78,91)(H,79,92)(H,80,93)(H,81,95)(H,82,94)(H,83,99)(H,84,100)(H,85,98)(H,86,96)(H,87,97)(H,101,102)/t43-,44-,53-,54-,55-,56+,57+,58+,59-,60+,61+,62-,63-/m1/s1. The molecule has 1 saturated heterocycles. The largest absolute Gasteiger partial charge is 0.480 e. The van der Waals surface area contributed by atoms with E-state index in [0.717, 1.165) is 44.8 Å². The number of aliphatic hydroxyl groups excluding tert-OH is 3. The second-order valence-electron chi connectivity index (χ2n) is 25.4. The molecule has 10 amide bonds. The smallest absolute Gasteiger partial charge is 0.327 e. The van der Waals surface area contributed by atoms with Gasteiger partial charge in [0.1, 0.15) is 60.4 Å². The van der Waals surface area contributed by atoms with Crippen LogP contribution < -0.4 is 70.0 Å². The van der Waals surface area contributed by atoms with Crippen molar-refractivity contribution in [2.75, 3.05) is 31.7 Å². The number of aliphatic hydroxyl groups is 3. The first-order valence-electron chi connectivity index (χ1n) is 34.2. The number of nitrogens with one attached hydrogen (secondary N) is 11. The predicted molar refractivity (Wildman–Crippen MR) is 394 cm³/mol. The number of nitrogens with two attached hydrogens (primary N) is 2. The van der Waals surface area contributed by atoms with Crippen LogP contribution in [0.3, 0.4) is 0 Å². The van der Waals surface area contributed by atoms with Crippen LogP contribution in [0.1, 0.15) is 66.5 Å². The van der Waals surface area contributed by atoms with Crippen LogP contribution in [0.5, 0.6) is 0 Å².